The van der Waals surface area contributed by atoms with E-state index in [2.05, 4.69) is 136 Å². The molecule has 0 fully saturated rings. The molecule has 1 N–H and O–H groups in total. The molecule has 0 bridgehead atoms. The van der Waals surface area contributed by atoms with E-state index in [0.717, 1.165) is 0 Å². The zero-order valence-corrected chi connectivity index (χ0v) is 20.2. The average molecular weight is 484 g/mol. The van der Waals surface area contributed by atoms with Crippen molar-refractivity contribution in [3.8, 4) is 143 Å². The molecule has 4 nitrogen and oxygen atoms in total. The first kappa shape index (κ1) is 28.6. The van der Waals surface area contributed by atoms with Gasteiger partial charge in [-0.2, -0.15) is 0 Å². The smallest absolute Gasteiger partial charge is 0.302 e. The molecule has 0 aromatic carbocycles. The fourth-order valence-corrected chi connectivity index (χ4v) is 2.28. The van der Waals surface area contributed by atoms with Crippen LogP contribution in [0.15, 0.2) is 12.2 Å². The third-order valence-electron chi connectivity index (χ3n) is 2.60. The first-order valence-electron chi connectivity index (χ1n) is 10.3. The van der Waals surface area contributed by atoms with Crippen molar-refractivity contribution in [1.82, 2.24) is 0 Å². The summed E-state index contributed by atoms with van der Waals surface area (Å²) in [6.07, 6.45) is 4.62. The SMILES string of the molecule is [3H]C#CC#CC#CC#CC#CC#CC#CC#CC#CC#CC#CC#CC(/C=C/C)OP(=O)(O)OCCC. The van der Waals surface area contributed by atoms with E-state index >= 15 is 0 Å². The molecule has 0 rings (SSSR count). The average Bonchev–Trinajstić information content (AvgIpc) is 2.88. The number of phosphoric acid groups is 1. The minimum Gasteiger partial charge on any atom is -0.302 e. The number of phosphoric ester groups is 1. The molecule has 0 saturated heterocycles. The fraction of sp³-hybridized carbons (Fsp3) is 0.161. The molecule has 0 aliphatic carbocycles. The molecule has 0 saturated carbocycles. The van der Waals surface area contributed by atoms with Crippen LogP contribution in [0.3, 0.4) is 0 Å². The van der Waals surface area contributed by atoms with E-state index in [9.17, 15) is 9.46 Å². The Morgan fingerprint density at radius 2 is 1.17 bits per heavy atom. The van der Waals surface area contributed by atoms with E-state index in [1.54, 1.807) is 19.9 Å². The van der Waals surface area contributed by atoms with Crippen LogP contribution in [0.1, 0.15) is 21.6 Å². The van der Waals surface area contributed by atoms with Crippen molar-refractivity contribution in [2.75, 3.05) is 6.61 Å². The van der Waals surface area contributed by atoms with Gasteiger partial charge in [-0.05, 0) is 114 Å². The Hall–Kier alpha value is -5.43. The van der Waals surface area contributed by atoms with Crippen molar-refractivity contribution in [3.63, 3.8) is 0 Å². The van der Waals surface area contributed by atoms with Gasteiger partial charge in [0.05, 0.1) is 6.61 Å². The Labute approximate surface area is 215 Å². The monoisotopic (exact) mass is 484 g/mol. The Morgan fingerprint density at radius 1 is 0.778 bits per heavy atom. The second-order valence-corrected chi connectivity index (χ2v) is 6.65. The predicted octanol–water partition coefficient (Wildman–Crippen LogP) is 2.15. The van der Waals surface area contributed by atoms with Gasteiger partial charge >= 0.3 is 7.82 Å². The molecule has 0 amide bonds. The van der Waals surface area contributed by atoms with E-state index in [0.29, 0.717) is 6.42 Å². The molecule has 2 atom stereocenters. The van der Waals surface area contributed by atoms with Crippen LogP contribution in [-0.2, 0) is 13.6 Å². The van der Waals surface area contributed by atoms with Crippen molar-refractivity contribution in [3.05, 3.63) is 12.2 Å². The number of hydrogen-bond acceptors (Lipinski definition) is 3. The lowest BCUT2D eigenvalue weighted by Crippen LogP contribution is -2.07. The van der Waals surface area contributed by atoms with Crippen molar-refractivity contribution >= 4 is 7.82 Å². The summed E-state index contributed by atoms with van der Waals surface area (Å²) in [6.45, 7) is 3.62. The fourth-order valence-electron chi connectivity index (χ4n) is 1.40. The lowest BCUT2D eigenvalue weighted by molar-refractivity contribution is 0.143. The molecular weight excluding hydrogens is 467 g/mol. The van der Waals surface area contributed by atoms with Gasteiger partial charge in [0.2, 0.25) is 0 Å². The maximum absolute atomic E-state index is 11.8. The molecule has 36 heavy (non-hydrogen) atoms. The van der Waals surface area contributed by atoms with Crippen LogP contribution < -0.4 is 0 Å². The van der Waals surface area contributed by atoms with Gasteiger partial charge in [-0.1, -0.05) is 18.9 Å². The highest BCUT2D eigenvalue weighted by Gasteiger charge is 2.23. The van der Waals surface area contributed by atoms with Crippen molar-refractivity contribution in [2.24, 2.45) is 0 Å². The standard InChI is InChI=1S/C31H15O4P/c1-4-7-8-9-10-11-12-13-14-15-16-17-18-19-20-21-22-23-24-25-26-27-29-31(28-5-2)35-36(32,33)34-30-6-3/h1,5,28,31H,6,30H2,2-3H3,(H,32,33)/b28-5+/i1T. The largest absolute Gasteiger partial charge is 0.473 e. The Kier molecular flexibility index (Phi) is 18.1. The summed E-state index contributed by atoms with van der Waals surface area (Å²) in [7, 11) is -4.20. The van der Waals surface area contributed by atoms with E-state index in [1.165, 1.54) is 6.08 Å². The van der Waals surface area contributed by atoms with Gasteiger partial charge in [0, 0.05) is 35.5 Å². The normalized spacial score (nSPS) is 9.47. The summed E-state index contributed by atoms with van der Waals surface area (Å²) in [5.41, 5.74) is 0. The van der Waals surface area contributed by atoms with Crippen LogP contribution in [0, 0.1) is 143 Å². The third kappa shape index (κ3) is 21.8. The summed E-state index contributed by atoms with van der Waals surface area (Å²) in [5.74, 6) is 56.4. The lowest BCUT2D eigenvalue weighted by Gasteiger charge is -2.13. The molecule has 0 aliphatic heterocycles. The van der Waals surface area contributed by atoms with Crippen molar-refractivity contribution in [1.29, 1.82) is 0 Å². The number of rotatable bonds is 6. The van der Waals surface area contributed by atoms with Gasteiger partial charge in [-0.15, -0.1) is 6.40 Å². The van der Waals surface area contributed by atoms with Crippen molar-refractivity contribution in [2.45, 2.75) is 26.4 Å². The molecule has 0 spiro atoms. The highest BCUT2D eigenvalue weighted by atomic mass is 31.2. The molecule has 0 aromatic rings. The molecule has 0 aromatic heterocycles. The van der Waals surface area contributed by atoms with Crippen LogP contribution in [0.2, 0.25) is 0 Å². The quantitative estimate of drug-likeness (QED) is 0.357. The minimum absolute atomic E-state index is 0.0950. The Balaban J connectivity index is 4.72. The minimum atomic E-state index is -4.20. The van der Waals surface area contributed by atoms with Crippen LogP contribution in [0.4, 0.5) is 0 Å². The van der Waals surface area contributed by atoms with Gasteiger partial charge in [-0.25, -0.2) is 4.57 Å². The predicted molar refractivity (Wildman–Crippen MR) is 140 cm³/mol. The van der Waals surface area contributed by atoms with E-state index in [1.807, 2.05) is 6.40 Å². The first-order valence-corrected chi connectivity index (χ1v) is 11.3. The Bertz CT molecular complexity index is 1680. The second-order valence-electron chi connectivity index (χ2n) is 5.25. The van der Waals surface area contributed by atoms with E-state index in [-0.39, 0.29) is 6.61 Å². The molecule has 0 heterocycles. The summed E-state index contributed by atoms with van der Waals surface area (Å²) < 4.78 is 28.1. The maximum Gasteiger partial charge on any atom is 0.473 e. The summed E-state index contributed by atoms with van der Waals surface area (Å²) in [6, 6.07) is 0. The number of hydrogen-bond donors (Lipinski definition) is 1. The summed E-state index contributed by atoms with van der Waals surface area (Å²) in [5, 5.41) is 0. The number of allylic oxidation sites excluding steroid dienone is 1. The van der Waals surface area contributed by atoms with Gasteiger partial charge < -0.3 is 4.89 Å². The van der Waals surface area contributed by atoms with Gasteiger partial charge in [0.25, 0.3) is 0 Å². The molecular formula is C31H15O4P. The highest BCUT2D eigenvalue weighted by molar-refractivity contribution is 7.47. The van der Waals surface area contributed by atoms with E-state index in [4.69, 9.17) is 10.4 Å². The first-order chi connectivity index (χ1) is 18.1. The molecule has 0 radical (unpaired) electrons. The molecule has 2 unspecified atom stereocenters. The van der Waals surface area contributed by atoms with Crippen molar-refractivity contribution < 1.29 is 19.9 Å². The second kappa shape index (κ2) is 22.8. The van der Waals surface area contributed by atoms with Crippen LogP contribution in [0.25, 0.3) is 0 Å². The molecule has 0 aliphatic rings. The topological polar surface area (TPSA) is 55.8 Å². The van der Waals surface area contributed by atoms with Crippen LogP contribution in [0.5, 0.6) is 0 Å². The molecule has 5 heteroatoms. The zero-order chi connectivity index (χ0) is 27.3. The highest BCUT2D eigenvalue weighted by Crippen LogP contribution is 2.44. The van der Waals surface area contributed by atoms with Gasteiger partial charge in [-0.3, -0.25) is 9.05 Å². The van der Waals surface area contributed by atoms with Gasteiger partial charge in [0.15, 0.2) is 0 Å². The third-order valence-corrected chi connectivity index (χ3v) is 3.60. The maximum atomic E-state index is 11.8. The summed E-state index contributed by atoms with van der Waals surface area (Å²) >= 11 is 0. The molecule has 168 valence electrons. The van der Waals surface area contributed by atoms with Crippen LogP contribution in [-0.4, -0.2) is 17.6 Å². The number of terminal acetylenes is 1. The van der Waals surface area contributed by atoms with E-state index < -0.39 is 13.9 Å². The summed E-state index contributed by atoms with van der Waals surface area (Å²) in [4.78, 5) is 9.61. The lowest BCUT2D eigenvalue weighted by atomic mass is 10.3. The Morgan fingerprint density at radius 3 is 1.53 bits per heavy atom. The van der Waals surface area contributed by atoms with Gasteiger partial charge in [0.1, 0.15) is 7.47 Å². The van der Waals surface area contributed by atoms with Crippen LogP contribution >= 0.6 is 7.82 Å². The zero-order valence-electron chi connectivity index (χ0n) is 20.3.